The first-order valence-corrected chi connectivity index (χ1v) is 9.32. The number of ketones is 1. The molecule has 0 N–H and O–H groups in total. The van der Waals surface area contributed by atoms with E-state index in [0.717, 1.165) is 11.1 Å². The molecule has 140 valence electrons. The molecule has 0 bridgehead atoms. The average Bonchev–Trinajstić information content (AvgIpc) is 2.75. The minimum atomic E-state index is -0.549. The third-order valence-corrected chi connectivity index (χ3v) is 5.84. The van der Waals surface area contributed by atoms with E-state index in [-0.39, 0.29) is 5.78 Å². The fourth-order valence-electron chi connectivity index (χ4n) is 4.30. The Labute approximate surface area is 168 Å². The van der Waals surface area contributed by atoms with Gasteiger partial charge < -0.3 is 9.47 Å². The van der Waals surface area contributed by atoms with Gasteiger partial charge in [0.25, 0.3) is 0 Å². The molecule has 0 amide bonds. The molecule has 5 rings (SSSR count). The molecule has 0 saturated heterocycles. The molecule has 5 heteroatoms. The molecule has 0 aromatic heterocycles. The summed E-state index contributed by atoms with van der Waals surface area (Å²) in [6.45, 7) is 4.02. The molecule has 0 spiro atoms. The van der Waals surface area contributed by atoms with Crippen molar-refractivity contribution in [2.75, 3.05) is 0 Å². The van der Waals surface area contributed by atoms with Gasteiger partial charge in [0.1, 0.15) is 23.7 Å². The van der Waals surface area contributed by atoms with Crippen LogP contribution in [0.15, 0.2) is 47.5 Å². The molecule has 2 atom stereocenters. The van der Waals surface area contributed by atoms with Gasteiger partial charge in [0, 0.05) is 27.7 Å². The van der Waals surface area contributed by atoms with Crippen molar-refractivity contribution in [3.05, 3.63) is 69.8 Å². The van der Waals surface area contributed by atoms with Crippen molar-refractivity contribution < 1.29 is 14.3 Å². The Kier molecular flexibility index (Phi) is 3.48. The Hall–Kier alpha value is -3.83. The first kappa shape index (κ1) is 17.3. The fraction of sp³-hybridized carbons (Fsp3) is 0.208. The lowest BCUT2D eigenvalue weighted by molar-refractivity contribution is -0.119. The first-order chi connectivity index (χ1) is 13.9. The summed E-state index contributed by atoms with van der Waals surface area (Å²) in [5, 5.41) is 18.4. The minimum Gasteiger partial charge on any atom is -0.484 e. The van der Waals surface area contributed by atoms with E-state index < -0.39 is 17.6 Å². The average molecular weight is 380 g/mol. The molecular formula is C24H16N2O3. The quantitative estimate of drug-likeness (QED) is 0.689. The van der Waals surface area contributed by atoms with Gasteiger partial charge in [0.05, 0.1) is 23.3 Å². The van der Waals surface area contributed by atoms with E-state index in [2.05, 4.69) is 12.1 Å². The van der Waals surface area contributed by atoms with Gasteiger partial charge in [0.15, 0.2) is 5.78 Å². The van der Waals surface area contributed by atoms with Crippen molar-refractivity contribution in [2.45, 2.75) is 26.1 Å². The van der Waals surface area contributed by atoms with Gasteiger partial charge in [-0.25, -0.2) is 0 Å². The zero-order valence-electron chi connectivity index (χ0n) is 15.9. The number of hydrogen-bond donors (Lipinski definition) is 0. The van der Waals surface area contributed by atoms with E-state index in [1.807, 2.05) is 26.0 Å². The van der Waals surface area contributed by atoms with Crippen molar-refractivity contribution in [1.82, 2.24) is 0 Å². The van der Waals surface area contributed by atoms with E-state index in [9.17, 15) is 15.3 Å². The number of nitriles is 2. The molecular weight excluding hydrogens is 364 g/mol. The van der Waals surface area contributed by atoms with E-state index in [1.54, 1.807) is 36.4 Å². The second kappa shape index (κ2) is 5.83. The van der Waals surface area contributed by atoms with Crippen LogP contribution in [0.3, 0.4) is 0 Å². The third kappa shape index (κ3) is 2.41. The molecule has 0 radical (unpaired) electrons. The summed E-state index contributed by atoms with van der Waals surface area (Å²) in [5.41, 5.74) is 3.22. The van der Waals surface area contributed by atoms with E-state index in [0.29, 0.717) is 33.8 Å². The van der Waals surface area contributed by atoms with Crippen LogP contribution < -0.4 is 9.47 Å². The fourth-order valence-corrected chi connectivity index (χ4v) is 4.30. The zero-order valence-corrected chi connectivity index (χ0v) is 15.9. The van der Waals surface area contributed by atoms with E-state index >= 15 is 0 Å². The van der Waals surface area contributed by atoms with Gasteiger partial charge in [0.2, 0.25) is 0 Å². The van der Waals surface area contributed by atoms with Gasteiger partial charge in [-0.15, -0.1) is 0 Å². The van der Waals surface area contributed by atoms with Crippen molar-refractivity contribution >= 4 is 17.9 Å². The Bertz CT molecular complexity index is 1140. The Morgan fingerprint density at radius 1 is 0.828 bits per heavy atom. The van der Waals surface area contributed by atoms with Crippen LogP contribution in [0.25, 0.3) is 12.2 Å². The maximum atomic E-state index is 13.3. The van der Waals surface area contributed by atoms with Crippen LogP contribution >= 0.6 is 0 Å². The SMILES string of the molecule is CC1(C)[C@@H]2Oc3cc(C#N)ccc3C=C2C(=O)C2=Cc3ccc(C#N)cc3O[C@@H]21. The summed E-state index contributed by atoms with van der Waals surface area (Å²) in [6, 6.07) is 14.7. The highest BCUT2D eigenvalue weighted by Gasteiger charge is 2.54. The monoisotopic (exact) mass is 380 g/mol. The number of carbonyl (C=O) groups is 1. The van der Waals surface area contributed by atoms with Gasteiger partial charge >= 0.3 is 0 Å². The zero-order chi connectivity index (χ0) is 20.3. The molecule has 2 aromatic carbocycles. The highest BCUT2D eigenvalue weighted by molar-refractivity contribution is 6.16. The van der Waals surface area contributed by atoms with Crippen LogP contribution in [-0.2, 0) is 4.79 Å². The predicted octanol–water partition coefficient (Wildman–Crippen LogP) is 4.03. The number of benzene rings is 2. The summed E-state index contributed by atoms with van der Waals surface area (Å²) in [6.07, 6.45) is 2.72. The molecule has 1 fully saturated rings. The van der Waals surface area contributed by atoms with Crippen LogP contribution in [0.1, 0.15) is 36.1 Å². The molecule has 29 heavy (non-hydrogen) atoms. The van der Waals surface area contributed by atoms with Crippen LogP contribution in [0.4, 0.5) is 0 Å². The molecule has 2 heterocycles. The number of rotatable bonds is 0. The van der Waals surface area contributed by atoms with Crippen LogP contribution in [0.5, 0.6) is 11.5 Å². The summed E-state index contributed by atoms with van der Waals surface area (Å²) in [5.74, 6) is 1.09. The van der Waals surface area contributed by atoms with Gasteiger partial charge in [-0.3, -0.25) is 4.79 Å². The van der Waals surface area contributed by atoms with Crippen molar-refractivity contribution in [2.24, 2.45) is 5.41 Å². The molecule has 5 nitrogen and oxygen atoms in total. The highest BCUT2D eigenvalue weighted by atomic mass is 16.5. The third-order valence-electron chi connectivity index (χ3n) is 5.84. The number of ether oxygens (including phenoxy) is 2. The largest absolute Gasteiger partial charge is 0.484 e. The molecule has 3 aliphatic rings. The first-order valence-electron chi connectivity index (χ1n) is 9.32. The number of hydrogen-bond acceptors (Lipinski definition) is 5. The normalized spacial score (nSPS) is 22.7. The van der Waals surface area contributed by atoms with E-state index in [4.69, 9.17) is 9.47 Å². The van der Waals surface area contributed by atoms with Crippen LogP contribution in [0, 0.1) is 28.1 Å². The Morgan fingerprint density at radius 3 is 1.69 bits per heavy atom. The Balaban J connectivity index is 1.65. The number of carbonyl (C=O) groups excluding carboxylic acids is 1. The van der Waals surface area contributed by atoms with E-state index in [1.165, 1.54) is 0 Å². The smallest absolute Gasteiger partial charge is 0.192 e. The van der Waals surface area contributed by atoms with Crippen molar-refractivity contribution in [3.63, 3.8) is 0 Å². The van der Waals surface area contributed by atoms with Crippen LogP contribution in [-0.4, -0.2) is 18.0 Å². The minimum absolute atomic E-state index is 0.0932. The molecule has 2 aromatic rings. The highest BCUT2D eigenvalue weighted by Crippen LogP contribution is 2.49. The van der Waals surface area contributed by atoms with Crippen molar-refractivity contribution in [1.29, 1.82) is 10.5 Å². The number of nitrogens with zero attached hydrogens (tertiary/aromatic N) is 2. The van der Waals surface area contributed by atoms with Gasteiger partial charge in [-0.2, -0.15) is 10.5 Å². The summed E-state index contributed by atoms with van der Waals surface area (Å²) >= 11 is 0. The van der Waals surface area contributed by atoms with Crippen molar-refractivity contribution in [3.8, 4) is 23.6 Å². The molecule has 1 saturated carbocycles. The lowest BCUT2D eigenvalue weighted by Gasteiger charge is -2.48. The summed E-state index contributed by atoms with van der Waals surface area (Å²) in [4.78, 5) is 13.3. The molecule has 1 aliphatic carbocycles. The van der Waals surface area contributed by atoms with Crippen LogP contribution in [0.2, 0.25) is 0 Å². The Morgan fingerprint density at radius 2 is 1.28 bits per heavy atom. The summed E-state index contributed by atoms with van der Waals surface area (Å²) in [7, 11) is 0. The summed E-state index contributed by atoms with van der Waals surface area (Å²) < 4.78 is 12.5. The van der Waals surface area contributed by atoms with Gasteiger partial charge in [-0.1, -0.05) is 13.8 Å². The maximum Gasteiger partial charge on any atom is 0.192 e. The van der Waals surface area contributed by atoms with Gasteiger partial charge in [-0.05, 0) is 48.6 Å². The lowest BCUT2D eigenvalue weighted by atomic mass is 9.65. The lowest BCUT2D eigenvalue weighted by Crippen LogP contribution is -2.56. The maximum absolute atomic E-state index is 13.3. The molecule has 0 unspecified atom stereocenters. The predicted molar refractivity (Wildman–Crippen MR) is 106 cm³/mol. The molecule has 2 aliphatic heterocycles. The second-order valence-corrected chi connectivity index (χ2v) is 8.07. The number of Topliss-reactive ketones (excluding diaryl/α,β-unsaturated/α-hetero) is 1. The standard InChI is InChI=1S/C24H16N2O3/c1-24(2)22-17(9-15-5-3-13(11-25)7-19(15)28-22)21(27)18-10-16-6-4-14(12-26)8-20(16)29-23(18)24/h3-10,22-23H,1-2H3/t22-,23+. The second-order valence-electron chi connectivity index (χ2n) is 8.07. The topological polar surface area (TPSA) is 83.1 Å². The number of fused-ring (bicyclic) bond motifs is 4.